The Bertz CT molecular complexity index is 603. The van der Waals surface area contributed by atoms with Crippen molar-refractivity contribution in [1.29, 1.82) is 0 Å². The number of aldehydes is 1. The van der Waals surface area contributed by atoms with Gasteiger partial charge >= 0.3 is 0 Å². The van der Waals surface area contributed by atoms with E-state index in [1.54, 1.807) is 30.4 Å². The molecule has 18 heavy (non-hydrogen) atoms. The monoisotopic (exact) mass is 244 g/mol. The second-order valence-electron chi connectivity index (χ2n) is 3.82. The van der Waals surface area contributed by atoms with Crippen molar-refractivity contribution < 1.29 is 13.6 Å². The van der Waals surface area contributed by atoms with Crippen molar-refractivity contribution >= 4 is 18.4 Å². The van der Waals surface area contributed by atoms with E-state index < -0.39 is 5.82 Å². The summed E-state index contributed by atoms with van der Waals surface area (Å²) in [5, 5.41) is 0. The highest BCUT2D eigenvalue weighted by atomic mass is 19.1. The van der Waals surface area contributed by atoms with Crippen LogP contribution in [0.1, 0.15) is 21.5 Å². The number of halogens is 2. The van der Waals surface area contributed by atoms with Gasteiger partial charge in [-0.05, 0) is 41.5 Å². The lowest BCUT2D eigenvalue weighted by molar-refractivity contribution is 0.112. The molecule has 0 heterocycles. The Labute approximate surface area is 103 Å². The molecule has 0 atom stereocenters. The summed E-state index contributed by atoms with van der Waals surface area (Å²) in [5.74, 6) is -0.802. The molecule has 0 unspecified atom stereocenters. The number of rotatable bonds is 3. The second-order valence-corrected chi connectivity index (χ2v) is 3.82. The molecule has 1 nitrogen and oxygen atoms in total. The van der Waals surface area contributed by atoms with Crippen molar-refractivity contribution in [3.05, 3.63) is 70.8 Å². The summed E-state index contributed by atoms with van der Waals surface area (Å²) in [6.45, 7) is 0. The van der Waals surface area contributed by atoms with Gasteiger partial charge in [-0.1, -0.05) is 24.3 Å². The van der Waals surface area contributed by atoms with Crippen LogP contribution in [0.25, 0.3) is 12.2 Å². The molecule has 2 aromatic carbocycles. The zero-order valence-electron chi connectivity index (χ0n) is 9.44. The molecule has 0 aromatic heterocycles. The number of carbonyl (C=O) groups is 1. The molecule has 0 spiro atoms. The Morgan fingerprint density at radius 2 is 1.44 bits per heavy atom. The number of carbonyl (C=O) groups excluding carboxylic acids is 1. The lowest BCUT2D eigenvalue weighted by Gasteiger charge is -1.97. The first-order valence-electron chi connectivity index (χ1n) is 5.37. The third-order valence-electron chi connectivity index (χ3n) is 2.40. The zero-order chi connectivity index (χ0) is 13.0. The highest BCUT2D eigenvalue weighted by Crippen LogP contribution is 2.12. The highest BCUT2D eigenvalue weighted by Gasteiger charge is 1.98. The summed E-state index contributed by atoms with van der Waals surface area (Å²) in [6, 6.07) is 10.1. The van der Waals surface area contributed by atoms with Crippen molar-refractivity contribution in [2.45, 2.75) is 0 Å². The molecule has 0 saturated heterocycles. The minimum absolute atomic E-state index is 0.272. The van der Waals surface area contributed by atoms with E-state index in [2.05, 4.69) is 0 Å². The normalized spacial score (nSPS) is 10.8. The molecule has 2 aromatic rings. The minimum Gasteiger partial charge on any atom is -0.298 e. The predicted molar refractivity (Wildman–Crippen MR) is 67.1 cm³/mol. The molecule has 0 aliphatic heterocycles. The van der Waals surface area contributed by atoms with Crippen molar-refractivity contribution in [3.63, 3.8) is 0 Å². The fourth-order valence-corrected chi connectivity index (χ4v) is 1.60. The van der Waals surface area contributed by atoms with E-state index in [1.807, 2.05) is 0 Å². The van der Waals surface area contributed by atoms with Crippen LogP contribution < -0.4 is 0 Å². The van der Waals surface area contributed by atoms with E-state index in [1.165, 1.54) is 18.2 Å². The molecule has 2 rings (SSSR count). The topological polar surface area (TPSA) is 17.1 Å². The van der Waals surface area contributed by atoms with Crippen LogP contribution in [0.2, 0.25) is 0 Å². The van der Waals surface area contributed by atoms with Crippen LogP contribution in [0.3, 0.4) is 0 Å². The van der Waals surface area contributed by atoms with Crippen molar-refractivity contribution in [2.75, 3.05) is 0 Å². The van der Waals surface area contributed by atoms with Gasteiger partial charge in [0, 0.05) is 5.56 Å². The van der Waals surface area contributed by atoms with Crippen molar-refractivity contribution in [3.8, 4) is 0 Å². The first-order valence-corrected chi connectivity index (χ1v) is 5.37. The summed E-state index contributed by atoms with van der Waals surface area (Å²) in [7, 11) is 0. The number of hydrogen-bond acceptors (Lipinski definition) is 1. The van der Waals surface area contributed by atoms with Gasteiger partial charge in [0.2, 0.25) is 0 Å². The molecule has 90 valence electrons. The van der Waals surface area contributed by atoms with Gasteiger partial charge in [-0.3, -0.25) is 4.79 Å². The maximum Gasteiger partial charge on any atom is 0.150 e. The maximum absolute atomic E-state index is 13.2. The van der Waals surface area contributed by atoms with E-state index in [4.69, 9.17) is 0 Å². The zero-order valence-corrected chi connectivity index (χ0v) is 9.44. The van der Waals surface area contributed by atoms with Gasteiger partial charge in [0.1, 0.15) is 17.9 Å². The fraction of sp³-hybridized carbons (Fsp3) is 0. The standard InChI is InChI=1S/C15H10F2O/c16-14-3-1-2-11(7-14)4-5-12-6-13(10-18)9-15(17)8-12/h1-10H/b5-4+. The summed E-state index contributed by atoms with van der Waals surface area (Å²) >= 11 is 0. The van der Waals surface area contributed by atoms with Crippen LogP contribution in [0, 0.1) is 11.6 Å². The van der Waals surface area contributed by atoms with Gasteiger partial charge in [-0.2, -0.15) is 0 Å². The molecule has 0 aliphatic carbocycles. The van der Waals surface area contributed by atoms with E-state index >= 15 is 0 Å². The van der Waals surface area contributed by atoms with Gasteiger partial charge in [-0.25, -0.2) is 8.78 Å². The fourth-order valence-electron chi connectivity index (χ4n) is 1.60. The average Bonchev–Trinajstić information content (AvgIpc) is 2.36. The summed E-state index contributed by atoms with van der Waals surface area (Å²) in [5.41, 5.74) is 1.50. The van der Waals surface area contributed by atoms with Gasteiger partial charge < -0.3 is 0 Å². The van der Waals surface area contributed by atoms with Crippen LogP contribution >= 0.6 is 0 Å². The van der Waals surface area contributed by atoms with Crippen LogP contribution in [0.4, 0.5) is 8.78 Å². The molecule has 0 saturated carbocycles. The Hall–Kier alpha value is -2.29. The molecule has 0 fully saturated rings. The predicted octanol–water partition coefficient (Wildman–Crippen LogP) is 3.95. The van der Waals surface area contributed by atoms with Crippen molar-refractivity contribution in [2.24, 2.45) is 0 Å². The second kappa shape index (κ2) is 5.36. The van der Waals surface area contributed by atoms with Crippen molar-refractivity contribution in [1.82, 2.24) is 0 Å². The SMILES string of the molecule is O=Cc1cc(F)cc(/C=C/c2cccc(F)c2)c1. The highest BCUT2D eigenvalue weighted by molar-refractivity contribution is 5.78. The summed E-state index contributed by atoms with van der Waals surface area (Å²) in [4.78, 5) is 10.6. The average molecular weight is 244 g/mol. The summed E-state index contributed by atoms with van der Waals surface area (Å²) in [6.07, 6.45) is 3.87. The summed E-state index contributed by atoms with van der Waals surface area (Å²) < 4.78 is 26.1. The van der Waals surface area contributed by atoms with Gasteiger partial charge in [0.25, 0.3) is 0 Å². The van der Waals surface area contributed by atoms with E-state index in [9.17, 15) is 13.6 Å². The quantitative estimate of drug-likeness (QED) is 0.590. The van der Waals surface area contributed by atoms with E-state index in [0.29, 0.717) is 17.4 Å². The molecule has 0 N–H and O–H groups in total. The maximum atomic E-state index is 13.2. The molecular formula is C15H10F2O. The Morgan fingerprint density at radius 3 is 2.17 bits per heavy atom. The molecular weight excluding hydrogens is 234 g/mol. The third-order valence-corrected chi connectivity index (χ3v) is 2.40. The van der Waals surface area contributed by atoms with Crippen LogP contribution in [0.15, 0.2) is 42.5 Å². The molecule has 0 radical (unpaired) electrons. The van der Waals surface area contributed by atoms with Crippen LogP contribution in [-0.2, 0) is 0 Å². The van der Waals surface area contributed by atoms with Gasteiger partial charge in [0.05, 0.1) is 0 Å². The largest absolute Gasteiger partial charge is 0.298 e. The Kier molecular flexibility index (Phi) is 3.63. The first kappa shape index (κ1) is 12.2. The molecule has 0 aliphatic rings. The smallest absolute Gasteiger partial charge is 0.150 e. The van der Waals surface area contributed by atoms with Gasteiger partial charge in [-0.15, -0.1) is 0 Å². The number of benzene rings is 2. The Balaban J connectivity index is 2.28. The third kappa shape index (κ3) is 3.10. The van der Waals surface area contributed by atoms with Crippen LogP contribution in [-0.4, -0.2) is 6.29 Å². The lowest BCUT2D eigenvalue weighted by Crippen LogP contribution is -1.85. The van der Waals surface area contributed by atoms with E-state index in [-0.39, 0.29) is 11.4 Å². The van der Waals surface area contributed by atoms with E-state index in [0.717, 1.165) is 6.07 Å². The van der Waals surface area contributed by atoms with Crippen LogP contribution in [0.5, 0.6) is 0 Å². The molecule has 3 heteroatoms. The lowest BCUT2D eigenvalue weighted by atomic mass is 10.1. The minimum atomic E-state index is -0.474. The Morgan fingerprint density at radius 1 is 0.778 bits per heavy atom. The van der Waals surface area contributed by atoms with Gasteiger partial charge in [0.15, 0.2) is 0 Å². The molecule has 0 amide bonds. The molecule has 0 bridgehead atoms. The number of hydrogen-bond donors (Lipinski definition) is 0. The first-order chi connectivity index (χ1) is 8.67.